The average molecular weight is 229 g/mol. The van der Waals surface area contributed by atoms with E-state index >= 15 is 0 Å². The average Bonchev–Trinajstić information content (AvgIpc) is 2.84. The molecule has 0 unspecified atom stereocenters. The van der Waals surface area contributed by atoms with Gasteiger partial charge in [0.25, 0.3) is 0 Å². The second-order valence-corrected chi connectivity index (χ2v) is 4.85. The summed E-state index contributed by atoms with van der Waals surface area (Å²) >= 11 is 1.73. The summed E-state index contributed by atoms with van der Waals surface area (Å²) in [6, 6.07) is 10.2. The number of rotatable bonds is 2. The smallest absolute Gasteiger partial charge is 0.115 e. The normalized spacial score (nSPS) is 11.1. The Balaban J connectivity index is 1.95. The van der Waals surface area contributed by atoms with Gasteiger partial charge in [-0.05, 0) is 25.1 Å². The summed E-state index contributed by atoms with van der Waals surface area (Å²) in [6.45, 7) is 2.75. The predicted molar refractivity (Wildman–Crippen MR) is 65.7 cm³/mol. The molecule has 16 heavy (non-hydrogen) atoms. The van der Waals surface area contributed by atoms with Crippen LogP contribution in [0.4, 0.5) is 0 Å². The van der Waals surface area contributed by atoms with Crippen molar-refractivity contribution in [2.45, 2.75) is 13.5 Å². The minimum Gasteiger partial charge on any atom is -0.266 e. The quantitative estimate of drug-likeness (QED) is 0.676. The van der Waals surface area contributed by atoms with Crippen LogP contribution in [-0.4, -0.2) is 14.8 Å². The van der Waals surface area contributed by atoms with Gasteiger partial charge in [-0.1, -0.05) is 12.1 Å². The third-order valence-electron chi connectivity index (χ3n) is 2.41. The van der Waals surface area contributed by atoms with Gasteiger partial charge in [-0.15, -0.1) is 11.3 Å². The molecule has 4 heteroatoms. The molecular formula is C12H11N3S. The van der Waals surface area contributed by atoms with E-state index in [1.165, 1.54) is 4.70 Å². The standard InChI is InChI=1S/C12H11N3S/c1-9-6-7-15(14-9)8-12-13-10-4-2-3-5-11(10)16-12/h2-7H,8H2,1H3. The van der Waals surface area contributed by atoms with Crippen LogP contribution in [0.1, 0.15) is 10.7 Å². The monoisotopic (exact) mass is 229 g/mol. The molecule has 3 rings (SSSR count). The van der Waals surface area contributed by atoms with Crippen molar-refractivity contribution in [1.82, 2.24) is 14.8 Å². The van der Waals surface area contributed by atoms with Crippen LogP contribution in [0, 0.1) is 6.92 Å². The fourth-order valence-electron chi connectivity index (χ4n) is 1.68. The van der Waals surface area contributed by atoms with Gasteiger partial charge in [-0.2, -0.15) is 5.10 Å². The zero-order valence-corrected chi connectivity index (χ0v) is 9.74. The predicted octanol–water partition coefficient (Wildman–Crippen LogP) is 2.85. The first kappa shape index (κ1) is 9.54. The fourth-order valence-corrected chi connectivity index (χ4v) is 2.64. The van der Waals surface area contributed by atoms with E-state index in [1.807, 2.05) is 42.1 Å². The Morgan fingerprint density at radius 1 is 1.25 bits per heavy atom. The third-order valence-corrected chi connectivity index (χ3v) is 3.43. The molecule has 3 nitrogen and oxygen atoms in total. The number of benzene rings is 1. The van der Waals surface area contributed by atoms with Crippen LogP contribution in [-0.2, 0) is 6.54 Å². The molecule has 80 valence electrons. The summed E-state index contributed by atoms with van der Waals surface area (Å²) in [7, 11) is 0. The molecule has 3 aromatic rings. The molecule has 0 N–H and O–H groups in total. The maximum atomic E-state index is 4.57. The Kier molecular flexibility index (Phi) is 2.22. The topological polar surface area (TPSA) is 30.7 Å². The highest BCUT2D eigenvalue weighted by Gasteiger charge is 2.04. The number of hydrogen-bond donors (Lipinski definition) is 0. The highest BCUT2D eigenvalue weighted by molar-refractivity contribution is 7.18. The molecule has 0 aliphatic carbocycles. The number of thiazole rings is 1. The molecule has 0 saturated carbocycles. The van der Waals surface area contributed by atoms with Crippen molar-refractivity contribution in [3.05, 3.63) is 47.2 Å². The Labute approximate surface area is 97.4 Å². The van der Waals surface area contributed by atoms with Gasteiger partial charge in [-0.3, -0.25) is 4.68 Å². The molecule has 0 bridgehead atoms. The van der Waals surface area contributed by atoms with E-state index in [0.717, 1.165) is 22.8 Å². The number of para-hydroxylation sites is 1. The van der Waals surface area contributed by atoms with Crippen LogP contribution in [0.2, 0.25) is 0 Å². The number of aromatic nitrogens is 3. The Hall–Kier alpha value is -1.68. The van der Waals surface area contributed by atoms with Crippen molar-refractivity contribution < 1.29 is 0 Å². The van der Waals surface area contributed by atoms with Crippen molar-refractivity contribution in [2.75, 3.05) is 0 Å². The van der Waals surface area contributed by atoms with E-state index in [1.54, 1.807) is 11.3 Å². The van der Waals surface area contributed by atoms with Crippen LogP contribution < -0.4 is 0 Å². The van der Waals surface area contributed by atoms with Gasteiger partial charge in [-0.25, -0.2) is 4.98 Å². The number of nitrogens with zero attached hydrogens (tertiary/aromatic N) is 3. The van der Waals surface area contributed by atoms with Gasteiger partial charge in [0, 0.05) is 6.20 Å². The van der Waals surface area contributed by atoms with Crippen LogP contribution in [0.25, 0.3) is 10.2 Å². The molecule has 0 aliphatic heterocycles. The van der Waals surface area contributed by atoms with Crippen LogP contribution >= 0.6 is 11.3 Å². The molecule has 0 amide bonds. The van der Waals surface area contributed by atoms with E-state index in [0.29, 0.717) is 0 Å². The molecule has 0 fully saturated rings. The van der Waals surface area contributed by atoms with Crippen LogP contribution in [0.3, 0.4) is 0 Å². The van der Waals surface area contributed by atoms with Crippen LogP contribution in [0.5, 0.6) is 0 Å². The first-order valence-electron chi connectivity index (χ1n) is 5.16. The highest BCUT2D eigenvalue weighted by Crippen LogP contribution is 2.21. The molecule has 1 aromatic carbocycles. The molecule has 0 spiro atoms. The molecule has 0 atom stereocenters. The first-order chi connectivity index (χ1) is 7.81. The molecule has 2 aromatic heterocycles. The van der Waals surface area contributed by atoms with E-state index in [2.05, 4.69) is 16.1 Å². The van der Waals surface area contributed by atoms with Crippen molar-refractivity contribution in [2.24, 2.45) is 0 Å². The maximum absolute atomic E-state index is 4.57. The molecular weight excluding hydrogens is 218 g/mol. The lowest BCUT2D eigenvalue weighted by Crippen LogP contribution is -1.99. The highest BCUT2D eigenvalue weighted by atomic mass is 32.1. The van der Waals surface area contributed by atoms with Crippen molar-refractivity contribution >= 4 is 21.6 Å². The summed E-state index contributed by atoms with van der Waals surface area (Å²) in [5.74, 6) is 0. The second kappa shape index (κ2) is 3.72. The summed E-state index contributed by atoms with van der Waals surface area (Å²) in [5.41, 5.74) is 2.12. The maximum Gasteiger partial charge on any atom is 0.115 e. The van der Waals surface area contributed by atoms with Crippen molar-refractivity contribution in [3.63, 3.8) is 0 Å². The zero-order valence-electron chi connectivity index (χ0n) is 8.92. The summed E-state index contributed by atoms with van der Waals surface area (Å²) in [5, 5.41) is 5.46. The fraction of sp³-hybridized carbons (Fsp3) is 0.167. The third kappa shape index (κ3) is 1.72. The zero-order chi connectivity index (χ0) is 11.0. The van der Waals surface area contributed by atoms with Crippen molar-refractivity contribution in [3.8, 4) is 0 Å². The van der Waals surface area contributed by atoms with E-state index in [-0.39, 0.29) is 0 Å². The molecule has 0 saturated heterocycles. The largest absolute Gasteiger partial charge is 0.266 e. The van der Waals surface area contributed by atoms with E-state index in [9.17, 15) is 0 Å². The lowest BCUT2D eigenvalue weighted by molar-refractivity contribution is 0.677. The first-order valence-corrected chi connectivity index (χ1v) is 5.97. The van der Waals surface area contributed by atoms with Gasteiger partial charge in [0.2, 0.25) is 0 Å². The summed E-state index contributed by atoms with van der Waals surface area (Å²) in [4.78, 5) is 4.57. The SMILES string of the molecule is Cc1ccn(Cc2nc3ccccc3s2)n1. The van der Waals surface area contributed by atoms with E-state index in [4.69, 9.17) is 0 Å². The number of fused-ring (bicyclic) bond motifs is 1. The Morgan fingerprint density at radius 3 is 2.88 bits per heavy atom. The number of hydrogen-bond acceptors (Lipinski definition) is 3. The van der Waals surface area contributed by atoms with Crippen LogP contribution in [0.15, 0.2) is 36.5 Å². The summed E-state index contributed by atoms with van der Waals surface area (Å²) in [6.07, 6.45) is 1.99. The van der Waals surface area contributed by atoms with Gasteiger partial charge >= 0.3 is 0 Å². The van der Waals surface area contributed by atoms with Gasteiger partial charge in [0.15, 0.2) is 0 Å². The summed E-state index contributed by atoms with van der Waals surface area (Å²) < 4.78 is 3.16. The van der Waals surface area contributed by atoms with Gasteiger partial charge in [0.1, 0.15) is 5.01 Å². The molecule has 0 radical (unpaired) electrons. The Bertz CT molecular complexity index is 591. The number of aryl methyl sites for hydroxylation is 1. The molecule has 2 heterocycles. The van der Waals surface area contributed by atoms with Gasteiger partial charge < -0.3 is 0 Å². The molecule has 0 aliphatic rings. The van der Waals surface area contributed by atoms with Gasteiger partial charge in [0.05, 0.1) is 22.5 Å². The van der Waals surface area contributed by atoms with E-state index < -0.39 is 0 Å². The Morgan fingerprint density at radius 2 is 2.12 bits per heavy atom. The van der Waals surface area contributed by atoms with Crippen molar-refractivity contribution in [1.29, 1.82) is 0 Å². The minimum atomic E-state index is 0.757. The lowest BCUT2D eigenvalue weighted by Gasteiger charge is -1.95. The minimum absolute atomic E-state index is 0.757. The second-order valence-electron chi connectivity index (χ2n) is 3.73. The lowest BCUT2D eigenvalue weighted by atomic mass is 10.3.